The largest absolute Gasteiger partial charge is 0.504 e. The Morgan fingerprint density at radius 3 is 1.71 bits per heavy atom. The third kappa shape index (κ3) is 6.20. The average molecular weight is 386 g/mol. The molecule has 0 aliphatic rings. The van der Waals surface area contributed by atoms with Gasteiger partial charge in [-0.3, -0.25) is 0 Å². The Balaban J connectivity index is 1.87. The van der Waals surface area contributed by atoms with Crippen LogP contribution in [-0.4, -0.2) is 41.9 Å². The van der Waals surface area contributed by atoms with Crippen LogP contribution >= 0.6 is 0 Å². The molecule has 9 heteroatoms. The molecule has 0 saturated carbocycles. The second kappa shape index (κ2) is 10.4. The van der Waals surface area contributed by atoms with E-state index >= 15 is 0 Å². The van der Waals surface area contributed by atoms with E-state index in [-0.39, 0.29) is 11.5 Å². The first-order chi connectivity index (χ1) is 13.5. The maximum absolute atomic E-state index is 11.7. The number of rotatable bonds is 8. The van der Waals surface area contributed by atoms with Gasteiger partial charge in [-0.15, -0.1) is 0 Å². The van der Waals surface area contributed by atoms with Crippen molar-refractivity contribution in [3.8, 4) is 23.0 Å². The molecule has 0 bridgehead atoms. The molecule has 0 heterocycles. The van der Waals surface area contributed by atoms with E-state index in [4.69, 9.17) is 9.47 Å². The van der Waals surface area contributed by atoms with E-state index in [9.17, 15) is 15.0 Å². The molecule has 2 aromatic rings. The summed E-state index contributed by atoms with van der Waals surface area (Å²) in [5.41, 5.74) is 5.80. The van der Waals surface area contributed by atoms with Gasteiger partial charge < -0.3 is 19.7 Å². The topological polar surface area (TPSA) is 125 Å². The minimum Gasteiger partial charge on any atom is -0.504 e. The van der Waals surface area contributed by atoms with Crippen molar-refractivity contribution in [2.75, 3.05) is 13.2 Å². The zero-order chi connectivity index (χ0) is 20.4. The molecule has 28 heavy (non-hydrogen) atoms. The lowest BCUT2D eigenvalue weighted by Crippen LogP contribution is -2.28. The highest BCUT2D eigenvalue weighted by molar-refractivity contribution is 5.84. The minimum atomic E-state index is -0.639. The van der Waals surface area contributed by atoms with E-state index in [1.54, 1.807) is 24.3 Å². The third-order valence-electron chi connectivity index (χ3n) is 3.33. The molecule has 0 aliphatic carbocycles. The summed E-state index contributed by atoms with van der Waals surface area (Å²) in [6.07, 6.45) is 2.80. The van der Waals surface area contributed by atoms with Crippen LogP contribution in [0.1, 0.15) is 25.0 Å². The van der Waals surface area contributed by atoms with E-state index in [1.807, 2.05) is 13.8 Å². The number of benzene rings is 2. The fourth-order valence-corrected chi connectivity index (χ4v) is 2.12. The summed E-state index contributed by atoms with van der Waals surface area (Å²) >= 11 is 0. The molecule has 2 rings (SSSR count). The monoisotopic (exact) mass is 386 g/mol. The van der Waals surface area contributed by atoms with Crippen LogP contribution in [0, 0.1) is 0 Å². The molecule has 0 spiro atoms. The molecule has 4 N–H and O–H groups in total. The number of aromatic hydroxyl groups is 2. The Bertz CT molecular complexity index is 798. The van der Waals surface area contributed by atoms with Crippen molar-refractivity contribution in [2.45, 2.75) is 13.8 Å². The standard InChI is InChI=1S/C19H22N4O5/c1-3-27-17-9-13(5-7-15(17)24)11-20-22-19(26)23-21-12-14-6-8-16(25)18(10-14)28-4-2/h5-12,24-25H,3-4H2,1-2H3,(H2,22,23,26)/b20-11+,21-12+. The fourth-order valence-electron chi connectivity index (χ4n) is 2.12. The summed E-state index contributed by atoms with van der Waals surface area (Å²) in [7, 11) is 0. The number of urea groups is 1. The van der Waals surface area contributed by atoms with E-state index in [2.05, 4.69) is 21.1 Å². The van der Waals surface area contributed by atoms with E-state index < -0.39 is 6.03 Å². The number of phenols is 2. The second-order valence-corrected chi connectivity index (χ2v) is 5.39. The third-order valence-corrected chi connectivity index (χ3v) is 3.33. The molecule has 0 unspecified atom stereocenters. The number of nitrogens with one attached hydrogen (secondary N) is 2. The number of nitrogens with zero attached hydrogens (tertiary/aromatic N) is 2. The Morgan fingerprint density at radius 2 is 1.32 bits per heavy atom. The van der Waals surface area contributed by atoms with Crippen LogP contribution in [0.4, 0.5) is 4.79 Å². The molecular formula is C19H22N4O5. The van der Waals surface area contributed by atoms with Crippen LogP contribution in [0.5, 0.6) is 23.0 Å². The molecule has 0 aromatic heterocycles. The van der Waals surface area contributed by atoms with Crippen LogP contribution in [-0.2, 0) is 0 Å². The predicted molar refractivity (Wildman–Crippen MR) is 105 cm³/mol. The smallest absolute Gasteiger partial charge is 0.355 e. The van der Waals surface area contributed by atoms with Crippen LogP contribution in [0.15, 0.2) is 46.6 Å². The van der Waals surface area contributed by atoms with Gasteiger partial charge in [-0.05, 0) is 61.4 Å². The van der Waals surface area contributed by atoms with Crippen molar-refractivity contribution in [1.82, 2.24) is 10.9 Å². The minimum absolute atomic E-state index is 0.0285. The first kappa shape index (κ1) is 20.6. The van der Waals surface area contributed by atoms with Gasteiger partial charge in [0.2, 0.25) is 0 Å². The molecule has 0 aliphatic heterocycles. The number of hydrogen-bond acceptors (Lipinski definition) is 7. The summed E-state index contributed by atoms with van der Waals surface area (Å²) in [5.74, 6) is 0.725. The molecule has 0 atom stereocenters. The highest BCUT2D eigenvalue weighted by Crippen LogP contribution is 2.26. The normalized spacial score (nSPS) is 10.9. The molecule has 0 saturated heterocycles. The predicted octanol–water partition coefficient (Wildman–Crippen LogP) is 2.56. The van der Waals surface area contributed by atoms with Gasteiger partial charge in [-0.1, -0.05) is 0 Å². The Labute approximate surface area is 162 Å². The van der Waals surface area contributed by atoms with Gasteiger partial charge >= 0.3 is 6.03 Å². The molecule has 9 nitrogen and oxygen atoms in total. The zero-order valence-electron chi connectivity index (χ0n) is 15.5. The van der Waals surface area contributed by atoms with Crippen LogP contribution in [0.3, 0.4) is 0 Å². The Hall–Kier alpha value is -3.75. The number of phenolic OH excluding ortho intramolecular Hbond substituents is 2. The van der Waals surface area contributed by atoms with Crippen molar-refractivity contribution >= 4 is 18.5 Å². The zero-order valence-corrected chi connectivity index (χ0v) is 15.5. The maximum Gasteiger partial charge on any atom is 0.355 e. The van der Waals surface area contributed by atoms with Gasteiger partial charge in [-0.25, -0.2) is 15.6 Å². The number of amides is 2. The van der Waals surface area contributed by atoms with Crippen LogP contribution < -0.4 is 20.3 Å². The van der Waals surface area contributed by atoms with E-state index in [0.29, 0.717) is 35.8 Å². The molecule has 2 amide bonds. The summed E-state index contributed by atoms with van der Waals surface area (Å²) in [6.45, 7) is 4.45. The number of carbonyl (C=O) groups is 1. The SMILES string of the molecule is CCOc1cc(/C=N/NC(=O)N/N=C/c2ccc(O)c(OCC)c2)ccc1O. The summed E-state index contributed by atoms with van der Waals surface area (Å²) < 4.78 is 10.6. The van der Waals surface area contributed by atoms with Crippen LogP contribution in [0.25, 0.3) is 0 Å². The van der Waals surface area contributed by atoms with Crippen LogP contribution in [0.2, 0.25) is 0 Å². The second-order valence-electron chi connectivity index (χ2n) is 5.39. The Morgan fingerprint density at radius 1 is 0.893 bits per heavy atom. The van der Waals surface area contributed by atoms with Gasteiger partial charge in [0.1, 0.15) is 0 Å². The summed E-state index contributed by atoms with van der Waals surface area (Å²) in [5, 5.41) is 26.9. The van der Waals surface area contributed by atoms with Gasteiger partial charge in [-0.2, -0.15) is 10.2 Å². The molecule has 2 aromatic carbocycles. The summed E-state index contributed by atoms with van der Waals surface area (Å²) in [4.78, 5) is 11.7. The highest BCUT2D eigenvalue weighted by atomic mass is 16.5. The van der Waals surface area contributed by atoms with E-state index in [1.165, 1.54) is 24.6 Å². The molecule has 0 fully saturated rings. The Kier molecular flexibility index (Phi) is 7.64. The van der Waals surface area contributed by atoms with Crippen molar-refractivity contribution in [3.63, 3.8) is 0 Å². The lowest BCUT2D eigenvalue weighted by molar-refractivity contribution is 0.242. The molecule has 0 radical (unpaired) electrons. The van der Waals surface area contributed by atoms with Gasteiger partial charge in [0, 0.05) is 0 Å². The highest BCUT2D eigenvalue weighted by Gasteiger charge is 2.03. The van der Waals surface area contributed by atoms with Gasteiger partial charge in [0.15, 0.2) is 23.0 Å². The maximum atomic E-state index is 11.7. The molecular weight excluding hydrogens is 364 g/mol. The van der Waals surface area contributed by atoms with Gasteiger partial charge in [0.05, 0.1) is 25.6 Å². The number of hydrogen-bond donors (Lipinski definition) is 4. The van der Waals surface area contributed by atoms with E-state index in [0.717, 1.165) is 0 Å². The first-order valence-corrected chi connectivity index (χ1v) is 8.57. The van der Waals surface area contributed by atoms with Crippen molar-refractivity contribution in [2.24, 2.45) is 10.2 Å². The fraction of sp³-hybridized carbons (Fsp3) is 0.211. The lowest BCUT2D eigenvalue weighted by Gasteiger charge is -2.06. The van der Waals surface area contributed by atoms with Gasteiger partial charge in [0.25, 0.3) is 0 Å². The molecule has 148 valence electrons. The number of carbonyl (C=O) groups excluding carboxylic acids is 1. The van der Waals surface area contributed by atoms with Crippen molar-refractivity contribution in [1.29, 1.82) is 0 Å². The summed E-state index contributed by atoms with van der Waals surface area (Å²) in [6, 6.07) is 8.76. The quantitative estimate of drug-likeness (QED) is 0.410. The van der Waals surface area contributed by atoms with Crippen molar-refractivity contribution in [3.05, 3.63) is 47.5 Å². The van der Waals surface area contributed by atoms with Crippen molar-refractivity contribution < 1.29 is 24.5 Å². The lowest BCUT2D eigenvalue weighted by atomic mass is 10.2. The number of ether oxygens (including phenoxy) is 2. The average Bonchev–Trinajstić information content (AvgIpc) is 2.67. The first-order valence-electron chi connectivity index (χ1n) is 8.57. The number of hydrazone groups is 2.